The number of fused-ring (bicyclic) bond motifs is 1. The van der Waals surface area contributed by atoms with Crippen molar-refractivity contribution in [2.24, 2.45) is 0 Å². The van der Waals surface area contributed by atoms with E-state index in [0.29, 0.717) is 13.0 Å². The maximum Gasteiger partial charge on any atom is 0.224 e. The van der Waals surface area contributed by atoms with E-state index in [1.807, 2.05) is 44.4 Å². The number of likely N-dealkylation sites (N-methyl/N-ethyl adjacent to an activating group) is 1. The number of furan rings is 1. The number of nitrogens with zero attached hydrogens (tertiary/aromatic N) is 1. The van der Waals surface area contributed by atoms with Gasteiger partial charge in [-0.05, 0) is 57.3 Å². The predicted octanol–water partition coefficient (Wildman–Crippen LogP) is 4.02. The Morgan fingerprint density at radius 2 is 1.89 bits per heavy atom. The SMILES string of the molecule is COc1ccccc1C(CNC(=O)Cc1coc2cc(C)c(C)cc12)N(C)C. The Morgan fingerprint density at radius 1 is 1.18 bits per heavy atom. The summed E-state index contributed by atoms with van der Waals surface area (Å²) in [6.45, 7) is 4.63. The highest BCUT2D eigenvalue weighted by Gasteiger charge is 2.19. The molecule has 0 radical (unpaired) electrons. The van der Waals surface area contributed by atoms with Gasteiger partial charge in [0.15, 0.2) is 0 Å². The first kappa shape index (κ1) is 20.0. The van der Waals surface area contributed by atoms with Crippen LogP contribution in [-0.2, 0) is 11.2 Å². The summed E-state index contributed by atoms with van der Waals surface area (Å²) in [4.78, 5) is 14.7. The number of para-hydroxylation sites is 1. The number of nitrogens with one attached hydrogen (secondary N) is 1. The lowest BCUT2D eigenvalue weighted by Gasteiger charge is -2.26. The van der Waals surface area contributed by atoms with E-state index in [2.05, 4.69) is 30.1 Å². The van der Waals surface area contributed by atoms with Gasteiger partial charge >= 0.3 is 0 Å². The third-order valence-corrected chi connectivity index (χ3v) is 5.23. The first-order valence-electron chi connectivity index (χ1n) is 9.44. The van der Waals surface area contributed by atoms with Crippen molar-refractivity contribution in [1.82, 2.24) is 10.2 Å². The zero-order chi connectivity index (χ0) is 20.3. The zero-order valence-corrected chi connectivity index (χ0v) is 17.2. The topological polar surface area (TPSA) is 54.7 Å². The van der Waals surface area contributed by atoms with Gasteiger partial charge < -0.3 is 19.4 Å². The van der Waals surface area contributed by atoms with Crippen molar-refractivity contribution < 1.29 is 13.9 Å². The monoisotopic (exact) mass is 380 g/mol. The Morgan fingerprint density at radius 3 is 2.61 bits per heavy atom. The Hall–Kier alpha value is -2.79. The van der Waals surface area contributed by atoms with E-state index in [1.165, 1.54) is 11.1 Å². The molecule has 0 aliphatic heterocycles. The van der Waals surface area contributed by atoms with Gasteiger partial charge in [0.25, 0.3) is 0 Å². The molecule has 1 N–H and O–H groups in total. The molecule has 148 valence electrons. The van der Waals surface area contributed by atoms with Gasteiger partial charge in [0, 0.05) is 23.1 Å². The number of hydrogen-bond acceptors (Lipinski definition) is 4. The summed E-state index contributed by atoms with van der Waals surface area (Å²) in [7, 11) is 5.66. The van der Waals surface area contributed by atoms with Crippen LogP contribution in [0.1, 0.15) is 28.3 Å². The molecule has 3 rings (SSSR count). The van der Waals surface area contributed by atoms with Gasteiger partial charge in [-0.1, -0.05) is 18.2 Å². The maximum absolute atomic E-state index is 12.6. The molecule has 1 aromatic heterocycles. The number of carbonyl (C=O) groups excluding carboxylic acids is 1. The van der Waals surface area contributed by atoms with Crippen molar-refractivity contribution in [3.63, 3.8) is 0 Å². The molecule has 5 nitrogen and oxygen atoms in total. The third-order valence-electron chi connectivity index (χ3n) is 5.23. The molecule has 5 heteroatoms. The summed E-state index contributed by atoms with van der Waals surface area (Å²) >= 11 is 0. The minimum absolute atomic E-state index is 0.0195. The van der Waals surface area contributed by atoms with Crippen LogP contribution in [-0.4, -0.2) is 38.6 Å². The van der Waals surface area contributed by atoms with Gasteiger partial charge in [0.1, 0.15) is 11.3 Å². The normalized spacial score (nSPS) is 12.4. The number of amides is 1. The zero-order valence-electron chi connectivity index (χ0n) is 17.2. The van der Waals surface area contributed by atoms with Crippen LogP contribution in [0.2, 0.25) is 0 Å². The first-order chi connectivity index (χ1) is 13.4. The molecule has 1 atom stereocenters. The highest BCUT2D eigenvalue weighted by Crippen LogP contribution is 2.28. The second-order valence-electron chi connectivity index (χ2n) is 7.40. The smallest absolute Gasteiger partial charge is 0.224 e. The molecular weight excluding hydrogens is 352 g/mol. The average molecular weight is 380 g/mol. The van der Waals surface area contributed by atoms with Crippen molar-refractivity contribution in [2.45, 2.75) is 26.3 Å². The van der Waals surface area contributed by atoms with Crippen LogP contribution in [0.3, 0.4) is 0 Å². The fourth-order valence-corrected chi connectivity index (χ4v) is 3.43. The molecule has 28 heavy (non-hydrogen) atoms. The minimum atomic E-state index is -0.0253. The lowest BCUT2D eigenvalue weighted by molar-refractivity contribution is -0.120. The predicted molar refractivity (Wildman–Crippen MR) is 112 cm³/mol. The van der Waals surface area contributed by atoms with E-state index < -0.39 is 0 Å². The second-order valence-corrected chi connectivity index (χ2v) is 7.40. The van der Waals surface area contributed by atoms with Crippen LogP contribution in [0.15, 0.2) is 47.1 Å². The van der Waals surface area contributed by atoms with E-state index in [4.69, 9.17) is 9.15 Å². The fraction of sp³-hybridized carbons (Fsp3) is 0.348. The molecule has 0 bridgehead atoms. The van der Waals surface area contributed by atoms with Gasteiger partial charge in [0.2, 0.25) is 5.91 Å². The van der Waals surface area contributed by atoms with Crippen LogP contribution < -0.4 is 10.1 Å². The molecule has 1 unspecified atom stereocenters. The highest BCUT2D eigenvalue weighted by atomic mass is 16.5. The van der Waals surface area contributed by atoms with E-state index in [1.54, 1.807) is 13.4 Å². The summed E-state index contributed by atoms with van der Waals surface area (Å²) in [6.07, 6.45) is 1.98. The van der Waals surface area contributed by atoms with Crippen LogP contribution >= 0.6 is 0 Å². The molecule has 1 amide bonds. The molecule has 0 fully saturated rings. The molecule has 1 heterocycles. The number of rotatable bonds is 7. The van der Waals surface area contributed by atoms with Crippen molar-refractivity contribution in [3.8, 4) is 5.75 Å². The number of hydrogen-bond donors (Lipinski definition) is 1. The summed E-state index contributed by atoms with van der Waals surface area (Å²) < 4.78 is 11.1. The Balaban J connectivity index is 1.71. The Labute approximate surface area is 166 Å². The molecular formula is C23H28N2O3. The van der Waals surface area contributed by atoms with Gasteiger partial charge in [-0.15, -0.1) is 0 Å². The average Bonchev–Trinajstić information content (AvgIpc) is 3.04. The van der Waals surface area contributed by atoms with Gasteiger partial charge in [-0.3, -0.25) is 4.79 Å². The van der Waals surface area contributed by atoms with Gasteiger partial charge in [-0.25, -0.2) is 0 Å². The molecule has 0 saturated heterocycles. The number of methoxy groups -OCH3 is 1. The molecule has 0 spiro atoms. The van der Waals surface area contributed by atoms with Crippen LogP contribution in [0, 0.1) is 13.8 Å². The number of ether oxygens (including phenoxy) is 1. The standard InChI is InChI=1S/C23H28N2O3/c1-15-10-19-17(14-28-22(19)11-16(15)2)12-23(26)24-13-20(25(3)4)18-8-6-7-9-21(18)27-5/h6-11,14,20H,12-13H2,1-5H3,(H,24,26). The largest absolute Gasteiger partial charge is 0.496 e. The van der Waals surface area contributed by atoms with Crippen LogP contribution in [0.5, 0.6) is 5.75 Å². The minimum Gasteiger partial charge on any atom is -0.496 e. The number of aryl methyl sites for hydroxylation is 2. The van der Waals surface area contributed by atoms with Crippen molar-refractivity contribution in [1.29, 1.82) is 0 Å². The van der Waals surface area contributed by atoms with Crippen molar-refractivity contribution in [3.05, 3.63) is 64.9 Å². The fourth-order valence-electron chi connectivity index (χ4n) is 3.43. The van der Waals surface area contributed by atoms with Crippen LogP contribution in [0.4, 0.5) is 0 Å². The number of benzene rings is 2. The van der Waals surface area contributed by atoms with Crippen molar-refractivity contribution in [2.75, 3.05) is 27.7 Å². The molecule has 3 aromatic rings. The Kier molecular flexibility index (Phi) is 6.05. The van der Waals surface area contributed by atoms with E-state index in [9.17, 15) is 4.79 Å². The lowest BCUT2D eigenvalue weighted by atomic mass is 10.0. The van der Waals surface area contributed by atoms with Gasteiger partial charge in [-0.2, -0.15) is 0 Å². The van der Waals surface area contributed by atoms with E-state index >= 15 is 0 Å². The first-order valence-corrected chi connectivity index (χ1v) is 9.44. The molecule has 0 aliphatic carbocycles. The lowest BCUT2D eigenvalue weighted by Crippen LogP contribution is -2.35. The summed E-state index contributed by atoms with van der Waals surface area (Å²) in [5, 5.41) is 4.07. The van der Waals surface area contributed by atoms with Crippen molar-refractivity contribution >= 4 is 16.9 Å². The highest BCUT2D eigenvalue weighted by molar-refractivity contribution is 5.88. The second kappa shape index (κ2) is 8.48. The summed E-state index contributed by atoms with van der Waals surface area (Å²) in [6, 6.07) is 12.0. The quantitative estimate of drug-likeness (QED) is 0.673. The van der Waals surface area contributed by atoms with E-state index in [-0.39, 0.29) is 11.9 Å². The summed E-state index contributed by atoms with van der Waals surface area (Å²) in [5.41, 5.74) is 5.17. The third kappa shape index (κ3) is 4.20. The molecule has 2 aromatic carbocycles. The summed E-state index contributed by atoms with van der Waals surface area (Å²) in [5.74, 6) is 0.796. The Bertz CT molecular complexity index is 975. The molecule has 0 aliphatic rings. The molecule has 0 saturated carbocycles. The maximum atomic E-state index is 12.6. The van der Waals surface area contributed by atoms with E-state index in [0.717, 1.165) is 27.8 Å². The van der Waals surface area contributed by atoms with Crippen LogP contribution in [0.25, 0.3) is 11.0 Å². The number of carbonyl (C=O) groups is 1. The van der Waals surface area contributed by atoms with Gasteiger partial charge in [0.05, 0.1) is 25.8 Å².